The topological polar surface area (TPSA) is 58.9 Å². The van der Waals surface area contributed by atoms with E-state index in [4.69, 9.17) is 0 Å². The molecule has 0 aliphatic carbocycles. The molecule has 0 aliphatic heterocycles. The molecule has 0 bridgehead atoms. The van der Waals surface area contributed by atoms with E-state index in [-0.39, 0.29) is 17.0 Å². The maximum absolute atomic E-state index is 12.6. The summed E-state index contributed by atoms with van der Waals surface area (Å²) in [6.07, 6.45) is -4.46. The third-order valence-corrected chi connectivity index (χ3v) is 4.19. The zero-order valence-corrected chi connectivity index (χ0v) is 12.9. The summed E-state index contributed by atoms with van der Waals surface area (Å²) in [5.41, 5.74) is 0.305. The summed E-state index contributed by atoms with van der Waals surface area (Å²) in [6, 6.07) is 10.5. The molecule has 0 amide bonds. The van der Waals surface area contributed by atoms with Crippen LogP contribution in [0.4, 0.5) is 13.2 Å². The van der Waals surface area contributed by atoms with Crippen LogP contribution >= 0.6 is 0 Å². The molecule has 2 rings (SSSR count). The molecule has 0 saturated heterocycles. The summed E-state index contributed by atoms with van der Waals surface area (Å²) < 4.78 is 64.8. The van der Waals surface area contributed by atoms with E-state index in [1.807, 2.05) is 6.92 Å². The van der Waals surface area contributed by atoms with E-state index < -0.39 is 21.8 Å². The third-order valence-electron chi connectivity index (χ3n) is 2.99. The summed E-state index contributed by atoms with van der Waals surface area (Å²) in [5.74, 6) is 0. The van der Waals surface area contributed by atoms with E-state index in [0.717, 1.165) is 17.7 Å². The molecule has 2 aromatic rings. The van der Waals surface area contributed by atoms with Crippen molar-refractivity contribution in [2.75, 3.05) is 0 Å². The van der Waals surface area contributed by atoms with Crippen molar-refractivity contribution in [3.05, 3.63) is 65.2 Å². The second kappa shape index (κ2) is 6.49. The molecule has 122 valence electrons. The van der Waals surface area contributed by atoms with Crippen molar-refractivity contribution in [3.63, 3.8) is 0 Å². The zero-order chi connectivity index (χ0) is 17.1. The summed E-state index contributed by atoms with van der Waals surface area (Å²) >= 11 is 0. The van der Waals surface area contributed by atoms with Crippen molar-refractivity contribution >= 4 is 10.0 Å². The Morgan fingerprint density at radius 2 is 1.70 bits per heavy atom. The zero-order valence-electron chi connectivity index (χ0n) is 12.1. The van der Waals surface area contributed by atoms with E-state index in [1.165, 1.54) is 24.3 Å². The highest BCUT2D eigenvalue weighted by Gasteiger charge is 2.30. The molecule has 0 heterocycles. The molecule has 0 aromatic heterocycles. The van der Waals surface area contributed by atoms with Crippen LogP contribution in [-0.2, 0) is 22.7 Å². The first-order chi connectivity index (χ1) is 10.7. The molecule has 2 aromatic carbocycles. The van der Waals surface area contributed by atoms with Gasteiger partial charge in [0.25, 0.3) is 10.0 Å². The van der Waals surface area contributed by atoms with Gasteiger partial charge >= 0.3 is 6.18 Å². The predicted octanol–water partition coefficient (Wildman–Crippen LogP) is 4.35. The summed E-state index contributed by atoms with van der Waals surface area (Å²) in [5, 5.41) is 3.50. The normalized spacial score (nSPS) is 12.7. The van der Waals surface area contributed by atoms with Crippen molar-refractivity contribution in [1.82, 2.24) is 0 Å². The predicted molar refractivity (Wildman–Crippen MR) is 78.4 cm³/mol. The van der Waals surface area contributed by atoms with Crippen LogP contribution < -0.4 is 0 Å². The molecule has 4 nitrogen and oxygen atoms in total. The first kappa shape index (κ1) is 17.1. The van der Waals surface area contributed by atoms with Gasteiger partial charge in [0.15, 0.2) is 0 Å². The molecular formula is C15H13F3N2O2S. The number of hydrogen-bond acceptors (Lipinski definition) is 3. The van der Waals surface area contributed by atoms with Crippen LogP contribution in [0.5, 0.6) is 0 Å². The van der Waals surface area contributed by atoms with Crippen molar-refractivity contribution in [2.45, 2.75) is 24.5 Å². The third kappa shape index (κ3) is 4.62. The van der Waals surface area contributed by atoms with Crippen LogP contribution in [0.25, 0.3) is 0 Å². The Morgan fingerprint density at radius 1 is 1.04 bits per heavy atom. The standard InChI is InChI=1S/C15H13F3N2O2S/c1-11-5-7-14(8-6-11)23(21,22)20-19-10-12-3-2-4-13(9-12)15(16,17)18/h2-9H,10H2,1H3. The molecule has 0 fully saturated rings. The maximum atomic E-state index is 12.6. The van der Waals surface area contributed by atoms with Gasteiger partial charge in [0.2, 0.25) is 0 Å². The largest absolute Gasteiger partial charge is 0.416 e. The number of alkyl halides is 3. The molecule has 0 spiro atoms. The lowest BCUT2D eigenvalue weighted by Gasteiger charge is -2.07. The number of benzene rings is 2. The van der Waals surface area contributed by atoms with E-state index in [0.29, 0.717) is 0 Å². The first-order valence-electron chi connectivity index (χ1n) is 6.55. The van der Waals surface area contributed by atoms with E-state index in [1.54, 1.807) is 12.1 Å². The lowest BCUT2D eigenvalue weighted by atomic mass is 10.1. The van der Waals surface area contributed by atoms with Crippen LogP contribution in [0.2, 0.25) is 0 Å². The first-order valence-corrected chi connectivity index (χ1v) is 7.99. The molecular weight excluding hydrogens is 329 g/mol. The molecule has 0 atom stereocenters. The van der Waals surface area contributed by atoms with Gasteiger partial charge in [-0.3, -0.25) is 0 Å². The molecule has 23 heavy (non-hydrogen) atoms. The number of halogens is 3. The van der Waals surface area contributed by atoms with Gasteiger partial charge in [-0.25, -0.2) is 0 Å². The fourth-order valence-electron chi connectivity index (χ4n) is 1.79. The number of nitrogens with zero attached hydrogens (tertiary/aromatic N) is 2. The molecule has 8 heteroatoms. The second-order valence-corrected chi connectivity index (χ2v) is 6.45. The smallest absolute Gasteiger partial charge is 0.198 e. The number of sulfonamides is 1. The monoisotopic (exact) mass is 342 g/mol. The van der Waals surface area contributed by atoms with Gasteiger partial charge in [-0.1, -0.05) is 34.3 Å². The van der Waals surface area contributed by atoms with Crippen LogP contribution in [0.15, 0.2) is 63.1 Å². The lowest BCUT2D eigenvalue weighted by molar-refractivity contribution is -0.137. The van der Waals surface area contributed by atoms with Gasteiger partial charge in [-0.15, -0.1) is 0 Å². The average molecular weight is 342 g/mol. The molecule has 0 saturated carbocycles. The van der Waals surface area contributed by atoms with Gasteiger partial charge in [0, 0.05) is 0 Å². The molecule has 0 unspecified atom stereocenters. The Labute approximate surface area is 131 Å². The van der Waals surface area contributed by atoms with Crippen molar-refractivity contribution in [2.24, 2.45) is 9.63 Å². The minimum absolute atomic E-state index is 0.0177. The highest BCUT2D eigenvalue weighted by molar-refractivity contribution is 7.90. The number of hydrogen-bond donors (Lipinski definition) is 0. The minimum Gasteiger partial charge on any atom is -0.198 e. The lowest BCUT2D eigenvalue weighted by Crippen LogP contribution is -2.05. The van der Waals surface area contributed by atoms with Crippen LogP contribution in [0.3, 0.4) is 0 Å². The average Bonchev–Trinajstić information content (AvgIpc) is 2.47. The maximum Gasteiger partial charge on any atom is 0.416 e. The Kier molecular flexibility index (Phi) is 4.84. The summed E-state index contributed by atoms with van der Waals surface area (Å²) in [4.78, 5) is -0.0177. The number of aryl methyl sites for hydroxylation is 1. The van der Waals surface area contributed by atoms with Gasteiger partial charge in [-0.2, -0.15) is 26.7 Å². The van der Waals surface area contributed by atoms with Crippen molar-refractivity contribution in [1.29, 1.82) is 0 Å². The molecule has 0 radical (unpaired) electrons. The van der Waals surface area contributed by atoms with E-state index in [2.05, 4.69) is 9.63 Å². The highest BCUT2D eigenvalue weighted by atomic mass is 32.2. The van der Waals surface area contributed by atoms with Gasteiger partial charge in [0.05, 0.1) is 17.0 Å². The Bertz CT molecular complexity index is 813. The molecule has 0 aliphatic rings. The molecule has 0 N–H and O–H groups in total. The Hall–Kier alpha value is -2.22. The van der Waals surface area contributed by atoms with Gasteiger partial charge in [-0.05, 0) is 36.8 Å². The van der Waals surface area contributed by atoms with Crippen molar-refractivity contribution in [3.8, 4) is 0 Å². The SMILES string of the molecule is Cc1ccc(S(=O)(=O)N=NCc2cccc(C(F)(F)F)c2)cc1. The fourth-order valence-corrected chi connectivity index (χ4v) is 2.57. The van der Waals surface area contributed by atoms with Crippen LogP contribution in [0, 0.1) is 6.92 Å². The minimum atomic E-state index is -4.46. The summed E-state index contributed by atoms with van der Waals surface area (Å²) in [6.45, 7) is 1.56. The second-order valence-electron chi connectivity index (χ2n) is 4.87. The van der Waals surface area contributed by atoms with Gasteiger partial charge in [0.1, 0.15) is 0 Å². The summed E-state index contributed by atoms with van der Waals surface area (Å²) in [7, 11) is -3.95. The Balaban J connectivity index is 2.14. The van der Waals surface area contributed by atoms with Crippen LogP contribution in [0.1, 0.15) is 16.7 Å². The van der Waals surface area contributed by atoms with E-state index >= 15 is 0 Å². The highest BCUT2D eigenvalue weighted by Crippen LogP contribution is 2.29. The quantitative estimate of drug-likeness (QED) is 0.775. The number of rotatable bonds is 4. The van der Waals surface area contributed by atoms with E-state index in [9.17, 15) is 21.6 Å². The fraction of sp³-hybridized carbons (Fsp3) is 0.200. The van der Waals surface area contributed by atoms with Gasteiger partial charge < -0.3 is 0 Å². The van der Waals surface area contributed by atoms with Crippen molar-refractivity contribution < 1.29 is 21.6 Å². The Morgan fingerprint density at radius 3 is 2.30 bits per heavy atom. The van der Waals surface area contributed by atoms with Crippen LogP contribution in [-0.4, -0.2) is 8.42 Å².